The van der Waals surface area contributed by atoms with E-state index in [1.807, 2.05) is 0 Å². The maximum Gasteiger partial charge on any atom is 0.584 e. The molecule has 0 bridgehead atoms. The predicted octanol–water partition coefficient (Wildman–Crippen LogP) is 3.63. The average Bonchev–Trinajstić information content (AvgIpc) is 2.09. The van der Waals surface area contributed by atoms with E-state index in [0.717, 1.165) is 6.26 Å². The molecule has 1 unspecified atom stereocenters. The molecule has 1 atom stereocenters. The molecule has 15 heavy (non-hydrogen) atoms. The molecule has 0 radical (unpaired) electrons. The van der Waals surface area contributed by atoms with E-state index in [4.69, 9.17) is 28.1 Å². The molecule has 0 aromatic heterocycles. The van der Waals surface area contributed by atoms with Crippen LogP contribution in [0, 0.1) is 0 Å². The van der Waals surface area contributed by atoms with Crippen LogP contribution < -0.4 is 4.52 Å². The van der Waals surface area contributed by atoms with Gasteiger partial charge in [-0.05, 0) is 18.2 Å². The molecule has 0 saturated carbocycles. The third-order valence-corrected chi connectivity index (χ3v) is 2.69. The Morgan fingerprint density at radius 2 is 2.13 bits per heavy atom. The number of phosphoric ester groups is 1. The minimum absolute atomic E-state index is 0.00810. The summed E-state index contributed by atoms with van der Waals surface area (Å²) in [4.78, 5) is 9.11. The molecule has 82 valence electrons. The minimum Gasteiger partial charge on any atom is -0.404 e. The van der Waals surface area contributed by atoms with Crippen molar-refractivity contribution in [2.45, 2.75) is 0 Å². The highest BCUT2D eigenvalue weighted by molar-refractivity contribution is 7.47. The van der Waals surface area contributed by atoms with Crippen LogP contribution in [0.15, 0.2) is 31.0 Å². The van der Waals surface area contributed by atoms with Gasteiger partial charge in [0.15, 0.2) is 5.75 Å². The van der Waals surface area contributed by atoms with Crippen LogP contribution in [-0.4, -0.2) is 4.89 Å². The normalized spacial score (nSPS) is 14.1. The van der Waals surface area contributed by atoms with Crippen LogP contribution in [0.3, 0.4) is 0 Å². The molecule has 1 rings (SSSR count). The Kier molecular flexibility index (Phi) is 4.05. The fourth-order valence-electron chi connectivity index (χ4n) is 0.789. The van der Waals surface area contributed by atoms with E-state index in [-0.39, 0.29) is 10.8 Å². The summed E-state index contributed by atoms with van der Waals surface area (Å²) >= 11 is 11.3. The summed E-state index contributed by atoms with van der Waals surface area (Å²) in [6.45, 7) is 3.14. The number of benzene rings is 1. The van der Waals surface area contributed by atoms with Gasteiger partial charge in [0.2, 0.25) is 0 Å². The third kappa shape index (κ3) is 3.76. The molecule has 0 fully saturated rings. The van der Waals surface area contributed by atoms with Crippen molar-refractivity contribution in [3.05, 3.63) is 41.1 Å². The molecular formula is C8H7Cl2O4P. The fraction of sp³-hybridized carbons (Fsp3) is 0. The second-order valence-electron chi connectivity index (χ2n) is 2.41. The molecule has 1 N–H and O–H groups in total. The standard InChI is InChI=1S/C8H7Cl2O4P/c1-2-13-15(11,12)14-8-4-3-6(9)5-7(8)10/h2-5H,1H2,(H,11,12). The van der Waals surface area contributed by atoms with Gasteiger partial charge in [0.25, 0.3) is 0 Å². The van der Waals surface area contributed by atoms with Gasteiger partial charge in [0, 0.05) is 5.02 Å². The highest BCUT2D eigenvalue weighted by Crippen LogP contribution is 2.46. The summed E-state index contributed by atoms with van der Waals surface area (Å²) in [7, 11) is -4.20. The van der Waals surface area contributed by atoms with Crippen molar-refractivity contribution in [2.75, 3.05) is 0 Å². The summed E-state index contributed by atoms with van der Waals surface area (Å²) in [5.41, 5.74) is 0. The van der Waals surface area contributed by atoms with Crippen molar-refractivity contribution < 1.29 is 18.5 Å². The lowest BCUT2D eigenvalue weighted by Gasteiger charge is -2.11. The lowest BCUT2D eigenvalue weighted by atomic mass is 10.3. The van der Waals surface area contributed by atoms with Gasteiger partial charge in [-0.3, -0.25) is 4.89 Å². The molecule has 7 heteroatoms. The fourth-order valence-corrected chi connectivity index (χ4v) is 1.93. The quantitative estimate of drug-likeness (QED) is 0.669. The van der Waals surface area contributed by atoms with Crippen molar-refractivity contribution in [1.82, 2.24) is 0 Å². The van der Waals surface area contributed by atoms with Crippen LogP contribution in [0.5, 0.6) is 5.75 Å². The van der Waals surface area contributed by atoms with Gasteiger partial charge in [0.1, 0.15) is 0 Å². The summed E-state index contributed by atoms with van der Waals surface area (Å²) in [6, 6.07) is 4.21. The molecule has 0 aliphatic heterocycles. The van der Waals surface area contributed by atoms with E-state index in [1.165, 1.54) is 18.2 Å². The van der Waals surface area contributed by atoms with Crippen molar-refractivity contribution in [3.63, 3.8) is 0 Å². The van der Waals surface area contributed by atoms with Gasteiger partial charge < -0.3 is 9.05 Å². The molecule has 0 saturated heterocycles. The van der Waals surface area contributed by atoms with Gasteiger partial charge in [-0.1, -0.05) is 29.8 Å². The van der Waals surface area contributed by atoms with Crippen LogP contribution in [0.1, 0.15) is 0 Å². The summed E-state index contributed by atoms with van der Waals surface area (Å²) in [5, 5.41) is 0.509. The zero-order valence-corrected chi connectivity index (χ0v) is 9.80. The molecule has 0 amide bonds. The molecule has 1 aromatic rings. The van der Waals surface area contributed by atoms with E-state index >= 15 is 0 Å². The Bertz CT molecular complexity index is 421. The first-order valence-electron chi connectivity index (χ1n) is 3.71. The molecule has 0 aliphatic carbocycles. The van der Waals surface area contributed by atoms with Crippen LogP contribution in [0.25, 0.3) is 0 Å². The number of hydrogen-bond acceptors (Lipinski definition) is 3. The molecule has 1 aromatic carbocycles. The average molecular weight is 269 g/mol. The third-order valence-electron chi connectivity index (χ3n) is 1.32. The lowest BCUT2D eigenvalue weighted by Crippen LogP contribution is -1.93. The van der Waals surface area contributed by atoms with E-state index < -0.39 is 7.82 Å². The number of hydrogen-bond donors (Lipinski definition) is 1. The lowest BCUT2D eigenvalue weighted by molar-refractivity contribution is 0.267. The first-order chi connectivity index (χ1) is 6.94. The number of rotatable bonds is 4. The monoisotopic (exact) mass is 268 g/mol. The van der Waals surface area contributed by atoms with Crippen LogP contribution in [0.4, 0.5) is 0 Å². The van der Waals surface area contributed by atoms with Crippen molar-refractivity contribution in [3.8, 4) is 5.75 Å². The second kappa shape index (κ2) is 4.90. The van der Waals surface area contributed by atoms with Gasteiger partial charge in [0.05, 0.1) is 11.3 Å². The Morgan fingerprint density at radius 1 is 1.47 bits per heavy atom. The maximum absolute atomic E-state index is 11.2. The highest BCUT2D eigenvalue weighted by Gasteiger charge is 2.23. The van der Waals surface area contributed by atoms with Crippen LogP contribution >= 0.6 is 31.0 Å². The molecular weight excluding hydrogens is 262 g/mol. The largest absolute Gasteiger partial charge is 0.584 e. The number of halogens is 2. The Hall–Kier alpha value is -0.670. The SMILES string of the molecule is C=COP(=O)(O)Oc1ccc(Cl)cc1Cl. The summed E-state index contributed by atoms with van der Waals surface area (Å²) in [6.07, 6.45) is 0.810. The first kappa shape index (κ1) is 12.4. The van der Waals surface area contributed by atoms with E-state index in [1.54, 1.807) is 0 Å². The zero-order valence-electron chi connectivity index (χ0n) is 7.39. The molecule has 4 nitrogen and oxygen atoms in total. The smallest absolute Gasteiger partial charge is 0.404 e. The molecule has 0 aliphatic rings. The van der Waals surface area contributed by atoms with E-state index in [9.17, 15) is 4.57 Å². The highest BCUT2D eigenvalue weighted by atomic mass is 35.5. The Balaban J connectivity index is 2.90. The van der Waals surface area contributed by atoms with Gasteiger partial charge in [-0.15, -0.1) is 0 Å². The van der Waals surface area contributed by atoms with Crippen LogP contribution in [0.2, 0.25) is 10.0 Å². The first-order valence-corrected chi connectivity index (χ1v) is 5.96. The molecule has 0 spiro atoms. The van der Waals surface area contributed by atoms with Crippen molar-refractivity contribution in [2.24, 2.45) is 0 Å². The van der Waals surface area contributed by atoms with E-state index in [0.29, 0.717) is 5.02 Å². The topological polar surface area (TPSA) is 55.8 Å². The zero-order chi connectivity index (χ0) is 11.5. The van der Waals surface area contributed by atoms with Gasteiger partial charge >= 0.3 is 7.82 Å². The van der Waals surface area contributed by atoms with Crippen molar-refractivity contribution >= 4 is 31.0 Å². The van der Waals surface area contributed by atoms with Crippen molar-refractivity contribution in [1.29, 1.82) is 0 Å². The maximum atomic E-state index is 11.2. The van der Waals surface area contributed by atoms with Crippen LogP contribution in [-0.2, 0) is 9.09 Å². The summed E-state index contributed by atoms with van der Waals surface area (Å²) in [5.74, 6) is 0.00810. The second-order valence-corrected chi connectivity index (χ2v) is 4.58. The number of phosphoric acid groups is 1. The van der Waals surface area contributed by atoms with Gasteiger partial charge in [-0.2, -0.15) is 0 Å². The Morgan fingerprint density at radius 3 is 2.67 bits per heavy atom. The molecule has 0 heterocycles. The summed E-state index contributed by atoms with van der Waals surface area (Å²) < 4.78 is 20.1. The predicted molar refractivity (Wildman–Crippen MR) is 58.2 cm³/mol. The minimum atomic E-state index is -4.20. The Labute approximate surface area is 96.6 Å². The van der Waals surface area contributed by atoms with Gasteiger partial charge in [-0.25, -0.2) is 4.57 Å². The van der Waals surface area contributed by atoms with E-state index in [2.05, 4.69) is 15.6 Å².